The number of amides is 1. The second-order valence-corrected chi connectivity index (χ2v) is 8.45. The van der Waals surface area contributed by atoms with Crippen LogP contribution < -0.4 is 10.1 Å². The predicted molar refractivity (Wildman–Crippen MR) is 103 cm³/mol. The Morgan fingerprint density at radius 3 is 2.61 bits per heavy atom. The van der Waals surface area contributed by atoms with E-state index in [1.807, 2.05) is 24.3 Å². The van der Waals surface area contributed by atoms with Gasteiger partial charge in [-0.15, -0.1) is 0 Å². The molecule has 1 amide bonds. The first-order valence-corrected chi connectivity index (χ1v) is 10.5. The number of carbonyl (C=O) groups excluding carboxylic acids is 1. The van der Waals surface area contributed by atoms with Crippen LogP contribution in [-0.2, 0) is 21.2 Å². The van der Waals surface area contributed by atoms with E-state index in [4.69, 9.17) is 4.74 Å². The lowest BCUT2D eigenvalue weighted by Gasteiger charge is -2.23. The maximum absolute atomic E-state index is 14.0. The molecule has 0 aliphatic carbocycles. The zero-order valence-electron chi connectivity index (χ0n) is 15.6. The normalized spacial score (nSPS) is 17.4. The van der Waals surface area contributed by atoms with E-state index >= 15 is 0 Å². The van der Waals surface area contributed by atoms with Gasteiger partial charge in [0, 0.05) is 13.1 Å². The summed E-state index contributed by atoms with van der Waals surface area (Å²) < 4.78 is 45.9. The second-order valence-electron chi connectivity index (χ2n) is 6.59. The molecule has 1 saturated heterocycles. The van der Waals surface area contributed by atoms with Gasteiger partial charge in [-0.2, -0.15) is 4.31 Å². The van der Waals surface area contributed by atoms with Gasteiger partial charge < -0.3 is 10.1 Å². The molecule has 0 radical (unpaired) electrons. The third-order valence-corrected chi connectivity index (χ3v) is 6.74. The fourth-order valence-electron chi connectivity index (χ4n) is 3.31. The number of hydrogen-bond acceptors (Lipinski definition) is 4. The maximum Gasteiger partial charge on any atom is 0.246 e. The van der Waals surface area contributed by atoms with Crippen LogP contribution in [0.25, 0.3) is 0 Å². The number of ether oxygens (including phenoxy) is 1. The number of methoxy groups -OCH3 is 1. The van der Waals surface area contributed by atoms with Gasteiger partial charge in [0.15, 0.2) is 0 Å². The maximum atomic E-state index is 14.0. The number of carbonyl (C=O) groups is 1. The van der Waals surface area contributed by atoms with Crippen molar-refractivity contribution in [2.75, 3.05) is 20.2 Å². The molecule has 1 heterocycles. The predicted octanol–water partition coefficient (Wildman–Crippen LogP) is 2.35. The zero-order chi connectivity index (χ0) is 20.1. The van der Waals surface area contributed by atoms with Gasteiger partial charge in [0.25, 0.3) is 0 Å². The summed E-state index contributed by atoms with van der Waals surface area (Å²) in [5, 5.41) is 2.80. The largest absolute Gasteiger partial charge is 0.497 e. The molecule has 0 spiro atoms. The first-order valence-electron chi connectivity index (χ1n) is 9.10. The topological polar surface area (TPSA) is 75.7 Å². The van der Waals surface area contributed by atoms with E-state index in [1.165, 1.54) is 18.2 Å². The van der Waals surface area contributed by atoms with Crippen molar-refractivity contribution < 1.29 is 22.3 Å². The van der Waals surface area contributed by atoms with Crippen molar-refractivity contribution in [2.24, 2.45) is 0 Å². The Morgan fingerprint density at radius 1 is 1.21 bits per heavy atom. The molecular formula is C20H23FN2O4S. The molecule has 6 nitrogen and oxygen atoms in total. The lowest BCUT2D eigenvalue weighted by Crippen LogP contribution is -2.46. The highest BCUT2D eigenvalue weighted by molar-refractivity contribution is 7.89. The number of rotatable bonds is 7. The lowest BCUT2D eigenvalue weighted by molar-refractivity contribution is -0.124. The summed E-state index contributed by atoms with van der Waals surface area (Å²) >= 11 is 0. The van der Waals surface area contributed by atoms with Crippen molar-refractivity contribution in [2.45, 2.75) is 30.2 Å². The smallest absolute Gasteiger partial charge is 0.246 e. The lowest BCUT2D eigenvalue weighted by atomic mass is 10.1. The number of sulfonamides is 1. The average Bonchev–Trinajstić information content (AvgIpc) is 3.19. The molecule has 8 heteroatoms. The standard InChI is InChI=1S/C20H23FN2O4S/c1-27-16-10-8-15(9-11-16)12-13-22-20(24)18-6-4-14-23(18)28(25,26)19-7-3-2-5-17(19)21/h2-3,5,7-11,18H,4,6,12-14H2,1H3,(H,22,24)/t18-/m1/s1. The minimum Gasteiger partial charge on any atom is -0.497 e. The Labute approximate surface area is 164 Å². The third-order valence-electron chi connectivity index (χ3n) is 4.80. The molecule has 0 aromatic heterocycles. The summed E-state index contributed by atoms with van der Waals surface area (Å²) in [6.45, 7) is 0.586. The van der Waals surface area contributed by atoms with Crippen LogP contribution in [0.15, 0.2) is 53.4 Å². The van der Waals surface area contributed by atoms with Gasteiger partial charge in [0.2, 0.25) is 15.9 Å². The Balaban J connectivity index is 1.63. The molecule has 150 valence electrons. The molecule has 1 aliphatic heterocycles. The van der Waals surface area contributed by atoms with Crippen LogP contribution in [0, 0.1) is 5.82 Å². The second kappa shape index (κ2) is 8.70. The molecule has 28 heavy (non-hydrogen) atoms. The van der Waals surface area contributed by atoms with E-state index in [9.17, 15) is 17.6 Å². The van der Waals surface area contributed by atoms with Gasteiger partial charge in [-0.1, -0.05) is 24.3 Å². The molecule has 1 N–H and O–H groups in total. The Morgan fingerprint density at radius 2 is 1.93 bits per heavy atom. The minimum absolute atomic E-state index is 0.202. The molecular weight excluding hydrogens is 383 g/mol. The highest BCUT2D eigenvalue weighted by atomic mass is 32.2. The fraction of sp³-hybridized carbons (Fsp3) is 0.350. The Hall–Kier alpha value is -2.45. The molecule has 1 aliphatic rings. The molecule has 2 aromatic rings. The van der Waals surface area contributed by atoms with Gasteiger partial charge in [-0.25, -0.2) is 12.8 Å². The summed E-state index contributed by atoms with van der Waals surface area (Å²) in [7, 11) is -2.47. The highest BCUT2D eigenvalue weighted by Gasteiger charge is 2.40. The summed E-state index contributed by atoms with van der Waals surface area (Å²) in [4.78, 5) is 12.2. The van der Waals surface area contributed by atoms with E-state index in [1.54, 1.807) is 7.11 Å². The number of halogens is 1. The van der Waals surface area contributed by atoms with Crippen molar-refractivity contribution in [3.8, 4) is 5.75 Å². The van der Waals surface area contributed by atoms with E-state index in [2.05, 4.69) is 5.32 Å². The van der Waals surface area contributed by atoms with Crippen LogP contribution >= 0.6 is 0 Å². The number of benzene rings is 2. The zero-order valence-corrected chi connectivity index (χ0v) is 16.4. The first kappa shape index (κ1) is 20.3. The molecule has 0 unspecified atom stereocenters. The molecule has 2 aromatic carbocycles. The number of nitrogens with zero attached hydrogens (tertiary/aromatic N) is 1. The SMILES string of the molecule is COc1ccc(CCNC(=O)[C@H]2CCCN2S(=O)(=O)c2ccccc2F)cc1. The highest BCUT2D eigenvalue weighted by Crippen LogP contribution is 2.27. The van der Waals surface area contributed by atoms with Gasteiger partial charge in [-0.05, 0) is 49.1 Å². The van der Waals surface area contributed by atoms with Crippen molar-refractivity contribution in [1.82, 2.24) is 9.62 Å². The van der Waals surface area contributed by atoms with Crippen molar-refractivity contribution in [3.05, 3.63) is 59.9 Å². The van der Waals surface area contributed by atoms with Crippen LogP contribution in [0.5, 0.6) is 5.75 Å². The van der Waals surface area contributed by atoms with E-state index in [-0.39, 0.29) is 12.5 Å². The van der Waals surface area contributed by atoms with E-state index in [0.29, 0.717) is 25.8 Å². The molecule has 0 saturated carbocycles. The van der Waals surface area contributed by atoms with Crippen LogP contribution in [0.4, 0.5) is 4.39 Å². The monoisotopic (exact) mass is 406 g/mol. The summed E-state index contributed by atoms with van der Waals surface area (Å²) in [5.74, 6) is -0.410. The Bertz CT molecular complexity index is 931. The molecule has 1 fully saturated rings. The number of nitrogens with one attached hydrogen (secondary N) is 1. The fourth-order valence-corrected chi connectivity index (χ4v) is 5.03. The van der Waals surface area contributed by atoms with Gasteiger partial charge in [0.1, 0.15) is 22.5 Å². The third kappa shape index (κ3) is 4.34. The summed E-state index contributed by atoms with van der Waals surface area (Å²) in [5.41, 5.74) is 1.03. The van der Waals surface area contributed by atoms with Gasteiger partial charge >= 0.3 is 0 Å². The molecule has 3 rings (SSSR count). The summed E-state index contributed by atoms with van der Waals surface area (Å²) in [6, 6.07) is 11.9. The molecule has 0 bridgehead atoms. The average molecular weight is 406 g/mol. The van der Waals surface area contributed by atoms with Gasteiger partial charge in [0.05, 0.1) is 7.11 Å². The molecule has 1 atom stereocenters. The van der Waals surface area contributed by atoms with Crippen molar-refractivity contribution in [1.29, 1.82) is 0 Å². The van der Waals surface area contributed by atoms with E-state index < -0.39 is 26.8 Å². The van der Waals surface area contributed by atoms with Crippen LogP contribution in [-0.4, -0.2) is 44.9 Å². The first-order chi connectivity index (χ1) is 13.4. The van der Waals surface area contributed by atoms with Gasteiger partial charge in [-0.3, -0.25) is 4.79 Å². The van der Waals surface area contributed by atoms with Crippen molar-refractivity contribution >= 4 is 15.9 Å². The van der Waals surface area contributed by atoms with Crippen molar-refractivity contribution in [3.63, 3.8) is 0 Å². The van der Waals surface area contributed by atoms with Crippen LogP contribution in [0.2, 0.25) is 0 Å². The van der Waals surface area contributed by atoms with Crippen LogP contribution in [0.1, 0.15) is 18.4 Å². The quantitative estimate of drug-likeness (QED) is 0.766. The summed E-state index contributed by atoms with van der Waals surface area (Å²) in [6.07, 6.45) is 1.59. The minimum atomic E-state index is -4.06. The number of hydrogen-bond donors (Lipinski definition) is 1. The van der Waals surface area contributed by atoms with E-state index in [0.717, 1.165) is 21.7 Å². The van der Waals surface area contributed by atoms with Crippen LogP contribution in [0.3, 0.4) is 0 Å². The Kier molecular flexibility index (Phi) is 6.31.